The van der Waals surface area contributed by atoms with Gasteiger partial charge < -0.3 is 10.3 Å². The number of aromatic nitrogens is 2. The largest absolute Gasteiger partial charge is 0.351 e. The van der Waals surface area contributed by atoms with E-state index in [2.05, 4.69) is 15.3 Å². The Hall–Kier alpha value is -2.14. The van der Waals surface area contributed by atoms with Crippen molar-refractivity contribution in [3.05, 3.63) is 52.1 Å². The van der Waals surface area contributed by atoms with Crippen LogP contribution in [0.5, 0.6) is 0 Å². The van der Waals surface area contributed by atoms with Gasteiger partial charge in [0.2, 0.25) is 0 Å². The van der Waals surface area contributed by atoms with Crippen LogP contribution in [0.3, 0.4) is 0 Å². The zero-order valence-electron chi connectivity index (χ0n) is 11.3. The molecule has 0 aliphatic rings. The Balaban J connectivity index is 1.78. The maximum atomic E-state index is 12.2. The van der Waals surface area contributed by atoms with Crippen molar-refractivity contribution in [3.8, 4) is 0 Å². The molecule has 1 atom stereocenters. The van der Waals surface area contributed by atoms with E-state index in [-0.39, 0.29) is 11.9 Å². The van der Waals surface area contributed by atoms with Gasteiger partial charge in [-0.05, 0) is 26.0 Å². The van der Waals surface area contributed by atoms with Crippen LogP contribution in [0.15, 0.2) is 35.7 Å². The molecular weight excluding hydrogens is 270 g/mol. The number of aryl methyl sites for hydroxylation is 1. The topological polar surface area (TPSA) is 57.8 Å². The molecule has 0 spiro atoms. The standard InChI is InChI=1S/C15H15N3OS/c1-9-8-20-15(16-9)10(2)17-14(19)13-7-11-5-3-4-6-12(11)18-13/h3-8,10,18H,1-2H3,(H,17,19). The average molecular weight is 285 g/mol. The first-order valence-corrected chi connectivity index (χ1v) is 7.32. The summed E-state index contributed by atoms with van der Waals surface area (Å²) in [6, 6.07) is 9.62. The molecule has 4 nitrogen and oxygen atoms in total. The fraction of sp³-hybridized carbons (Fsp3) is 0.200. The molecule has 5 heteroatoms. The zero-order chi connectivity index (χ0) is 14.1. The molecule has 2 heterocycles. The molecule has 3 rings (SSSR count). The fourth-order valence-corrected chi connectivity index (χ4v) is 2.91. The Morgan fingerprint density at radius 3 is 2.90 bits per heavy atom. The average Bonchev–Trinajstić information content (AvgIpc) is 3.04. The maximum absolute atomic E-state index is 12.2. The minimum absolute atomic E-state index is 0.0902. The highest BCUT2D eigenvalue weighted by atomic mass is 32.1. The van der Waals surface area contributed by atoms with Crippen LogP contribution in [-0.4, -0.2) is 15.9 Å². The number of thiazole rings is 1. The number of fused-ring (bicyclic) bond motifs is 1. The Kier molecular flexibility index (Phi) is 3.28. The van der Waals surface area contributed by atoms with Gasteiger partial charge in [0.05, 0.1) is 6.04 Å². The first-order chi connectivity index (χ1) is 9.63. The van der Waals surface area contributed by atoms with Crippen LogP contribution < -0.4 is 5.32 Å². The van der Waals surface area contributed by atoms with Crippen LogP contribution in [0.4, 0.5) is 0 Å². The third-order valence-electron chi connectivity index (χ3n) is 3.13. The number of amides is 1. The van der Waals surface area contributed by atoms with Gasteiger partial charge in [-0.2, -0.15) is 0 Å². The van der Waals surface area contributed by atoms with E-state index in [0.717, 1.165) is 21.6 Å². The lowest BCUT2D eigenvalue weighted by atomic mass is 10.2. The number of aromatic amines is 1. The van der Waals surface area contributed by atoms with Crippen molar-refractivity contribution < 1.29 is 4.79 Å². The van der Waals surface area contributed by atoms with Crippen molar-refractivity contribution in [1.29, 1.82) is 0 Å². The first kappa shape index (κ1) is 12.9. The minimum Gasteiger partial charge on any atom is -0.351 e. The van der Waals surface area contributed by atoms with Gasteiger partial charge in [0.15, 0.2) is 0 Å². The predicted octanol–water partition coefficient (Wildman–Crippen LogP) is 3.42. The lowest BCUT2D eigenvalue weighted by Crippen LogP contribution is -2.26. The van der Waals surface area contributed by atoms with E-state index >= 15 is 0 Å². The lowest BCUT2D eigenvalue weighted by Gasteiger charge is -2.10. The second-order valence-electron chi connectivity index (χ2n) is 4.79. The molecule has 2 N–H and O–H groups in total. The first-order valence-electron chi connectivity index (χ1n) is 6.44. The SMILES string of the molecule is Cc1csc(C(C)NC(=O)c2cc3ccccc3[nH]2)n1. The predicted molar refractivity (Wildman–Crippen MR) is 81.0 cm³/mol. The molecule has 0 radical (unpaired) electrons. The summed E-state index contributed by atoms with van der Waals surface area (Å²) < 4.78 is 0. The number of para-hydroxylation sites is 1. The second kappa shape index (κ2) is 5.09. The van der Waals surface area contributed by atoms with Crippen LogP contribution in [-0.2, 0) is 0 Å². The molecule has 3 aromatic rings. The van der Waals surface area contributed by atoms with Crippen molar-refractivity contribution in [2.24, 2.45) is 0 Å². The molecule has 0 fully saturated rings. The zero-order valence-corrected chi connectivity index (χ0v) is 12.1. The molecule has 1 unspecified atom stereocenters. The van der Waals surface area contributed by atoms with Crippen LogP contribution in [0, 0.1) is 6.92 Å². The molecule has 0 saturated heterocycles. The van der Waals surface area contributed by atoms with Crippen molar-refractivity contribution in [3.63, 3.8) is 0 Å². The molecule has 1 aromatic carbocycles. The molecular formula is C15H15N3OS. The van der Waals surface area contributed by atoms with Crippen molar-refractivity contribution >= 4 is 28.1 Å². The van der Waals surface area contributed by atoms with Gasteiger partial charge in [0, 0.05) is 22.0 Å². The molecule has 0 aliphatic carbocycles. The Morgan fingerprint density at radius 1 is 1.40 bits per heavy atom. The molecule has 0 saturated carbocycles. The monoisotopic (exact) mass is 285 g/mol. The van der Waals surface area contributed by atoms with Crippen molar-refractivity contribution in [2.75, 3.05) is 0 Å². The maximum Gasteiger partial charge on any atom is 0.268 e. The summed E-state index contributed by atoms with van der Waals surface area (Å²) in [5.41, 5.74) is 2.53. The van der Waals surface area contributed by atoms with Gasteiger partial charge >= 0.3 is 0 Å². The molecule has 20 heavy (non-hydrogen) atoms. The summed E-state index contributed by atoms with van der Waals surface area (Å²) in [6.45, 7) is 3.89. The molecule has 0 aliphatic heterocycles. The second-order valence-corrected chi connectivity index (χ2v) is 5.68. The van der Waals surface area contributed by atoms with Gasteiger partial charge in [0.25, 0.3) is 5.91 Å². The van der Waals surface area contributed by atoms with Crippen LogP contribution in [0.2, 0.25) is 0 Å². The Morgan fingerprint density at radius 2 is 2.20 bits per heavy atom. The molecule has 102 valence electrons. The third-order valence-corrected chi connectivity index (χ3v) is 4.27. The third kappa shape index (κ3) is 2.44. The van der Waals surface area contributed by atoms with E-state index in [1.54, 1.807) is 11.3 Å². The van der Waals surface area contributed by atoms with Gasteiger partial charge in [-0.25, -0.2) is 4.98 Å². The smallest absolute Gasteiger partial charge is 0.268 e. The van der Waals surface area contributed by atoms with E-state index in [0.29, 0.717) is 5.69 Å². The summed E-state index contributed by atoms with van der Waals surface area (Å²) >= 11 is 1.56. The Bertz CT molecular complexity index is 726. The number of carbonyl (C=O) groups excluding carboxylic acids is 1. The van der Waals surface area contributed by atoms with Gasteiger partial charge in [-0.1, -0.05) is 18.2 Å². The summed E-state index contributed by atoms with van der Waals surface area (Å²) in [5.74, 6) is -0.110. The van der Waals surface area contributed by atoms with Gasteiger partial charge in [0.1, 0.15) is 10.7 Å². The fourth-order valence-electron chi connectivity index (χ4n) is 2.10. The number of nitrogens with one attached hydrogen (secondary N) is 2. The number of benzene rings is 1. The highest BCUT2D eigenvalue weighted by molar-refractivity contribution is 7.09. The Labute approximate surface area is 120 Å². The normalized spacial score (nSPS) is 12.5. The number of rotatable bonds is 3. The van der Waals surface area contributed by atoms with Crippen LogP contribution >= 0.6 is 11.3 Å². The highest BCUT2D eigenvalue weighted by Crippen LogP contribution is 2.19. The number of H-pyrrole nitrogens is 1. The van der Waals surface area contributed by atoms with Crippen LogP contribution in [0.25, 0.3) is 10.9 Å². The number of carbonyl (C=O) groups is 1. The summed E-state index contributed by atoms with van der Waals surface area (Å²) in [4.78, 5) is 19.8. The van der Waals surface area contributed by atoms with E-state index < -0.39 is 0 Å². The summed E-state index contributed by atoms with van der Waals surface area (Å²) in [5, 5.41) is 6.91. The quantitative estimate of drug-likeness (QED) is 0.774. The molecule has 0 bridgehead atoms. The number of hydrogen-bond donors (Lipinski definition) is 2. The van der Waals surface area contributed by atoms with Crippen molar-refractivity contribution in [2.45, 2.75) is 19.9 Å². The van der Waals surface area contributed by atoms with E-state index in [9.17, 15) is 4.79 Å². The summed E-state index contributed by atoms with van der Waals surface area (Å²) in [6.07, 6.45) is 0. The highest BCUT2D eigenvalue weighted by Gasteiger charge is 2.15. The number of nitrogens with zero attached hydrogens (tertiary/aromatic N) is 1. The van der Waals surface area contributed by atoms with Gasteiger partial charge in [-0.15, -0.1) is 11.3 Å². The molecule has 1 amide bonds. The van der Waals surface area contributed by atoms with Gasteiger partial charge in [-0.3, -0.25) is 4.79 Å². The van der Waals surface area contributed by atoms with E-state index in [1.807, 2.05) is 49.6 Å². The minimum atomic E-state index is -0.110. The summed E-state index contributed by atoms with van der Waals surface area (Å²) in [7, 11) is 0. The van der Waals surface area contributed by atoms with Crippen LogP contribution in [0.1, 0.15) is 34.2 Å². The number of hydrogen-bond acceptors (Lipinski definition) is 3. The van der Waals surface area contributed by atoms with E-state index in [1.165, 1.54) is 0 Å². The lowest BCUT2D eigenvalue weighted by molar-refractivity contribution is 0.0935. The van der Waals surface area contributed by atoms with Crippen molar-refractivity contribution in [1.82, 2.24) is 15.3 Å². The van der Waals surface area contributed by atoms with E-state index in [4.69, 9.17) is 0 Å². The molecule has 2 aromatic heterocycles.